The number of hydrogen-bond donors (Lipinski definition) is 0. The molecule has 28 heavy (non-hydrogen) atoms. The van der Waals surface area contributed by atoms with E-state index in [0.29, 0.717) is 0 Å². The molecule has 4 rings (SSSR count). The lowest BCUT2D eigenvalue weighted by atomic mass is 9.69. The second kappa shape index (κ2) is 8.29. The predicted octanol–water partition coefficient (Wildman–Crippen LogP) is 7.39. The fraction of sp³-hybridized carbons (Fsp3) is 0.0370. The molecule has 0 aliphatic rings. The van der Waals surface area contributed by atoms with Crippen molar-refractivity contribution in [3.8, 4) is 0 Å². The molecule has 4 aromatic rings. The third-order valence-corrected chi connectivity index (χ3v) is 5.41. The highest BCUT2D eigenvalue weighted by atomic mass is 35.5. The molecule has 0 aromatic heterocycles. The predicted molar refractivity (Wildman–Crippen MR) is 120 cm³/mol. The highest BCUT2D eigenvalue weighted by molar-refractivity contribution is 6.31. The monoisotopic (exact) mass is 380 g/mol. The van der Waals surface area contributed by atoms with E-state index in [4.69, 9.17) is 11.6 Å². The van der Waals surface area contributed by atoms with Gasteiger partial charge in [0.1, 0.15) is 0 Å². The van der Waals surface area contributed by atoms with Gasteiger partial charge in [0.2, 0.25) is 0 Å². The van der Waals surface area contributed by atoms with Crippen LogP contribution in [0.3, 0.4) is 0 Å². The minimum atomic E-state index is -0.489. The summed E-state index contributed by atoms with van der Waals surface area (Å²) in [4.78, 5) is 0. The van der Waals surface area contributed by atoms with Crippen LogP contribution in [0.15, 0.2) is 121 Å². The molecule has 0 saturated heterocycles. The van der Waals surface area contributed by atoms with Crippen molar-refractivity contribution in [3.63, 3.8) is 0 Å². The fourth-order valence-electron chi connectivity index (χ4n) is 3.73. The Balaban J connectivity index is 2.03. The largest absolute Gasteiger partial charge is 0.0840 e. The van der Waals surface area contributed by atoms with Crippen molar-refractivity contribution in [2.75, 3.05) is 0 Å². The average Bonchev–Trinajstić information content (AvgIpc) is 2.77. The van der Waals surface area contributed by atoms with Gasteiger partial charge in [-0.2, -0.15) is 0 Å². The van der Waals surface area contributed by atoms with Gasteiger partial charge in [-0.15, -0.1) is 0 Å². The Hall–Kier alpha value is -3.09. The molecule has 136 valence electrons. The van der Waals surface area contributed by atoms with E-state index in [-0.39, 0.29) is 0 Å². The van der Waals surface area contributed by atoms with Gasteiger partial charge in [-0.25, -0.2) is 0 Å². The fourth-order valence-corrected chi connectivity index (χ4v) is 4.01. The van der Waals surface area contributed by atoms with Crippen molar-refractivity contribution >= 4 is 17.7 Å². The Kier molecular flexibility index (Phi) is 5.41. The smallest absolute Gasteiger partial charge is 0.0649 e. The van der Waals surface area contributed by atoms with Crippen LogP contribution in [0.2, 0.25) is 5.02 Å². The van der Waals surface area contributed by atoms with E-state index >= 15 is 0 Å². The molecule has 0 bridgehead atoms. The van der Waals surface area contributed by atoms with Gasteiger partial charge in [0.25, 0.3) is 0 Å². The topological polar surface area (TPSA) is 0 Å². The van der Waals surface area contributed by atoms with Crippen LogP contribution in [0.4, 0.5) is 0 Å². The lowest BCUT2D eigenvalue weighted by molar-refractivity contribution is 0.782. The minimum Gasteiger partial charge on any atom is -0.0840 e. The van der Waals surface area contributed by atoms with Crippen molar-refractivity contribution in [1.82, 2.24) is 0 Å². The first-order valence-corrected chi connectivity index (χ1v) is 9.79. The van der Waals surface area contributed by atoms with Crippen molar-refractivity contribution in [2.45, 2.75) is 5.41 Å². The van der Waals surface area contributed by atoms with E-state index in [9.17, 15) is 0 Å². The zero-order valence-electron chi connectivity index (χ0n) is 15.5. The van der Waals surface area contributed by atoms with Crippen LogP contribution >= 0.6 is 11.6 Å². The first kappa shape index (κ1) is 18.3. The van der Waals surface area contributed by atoms with Gasteiger partial charge in [-0.1, -0.05) is 133 Å². The van der Waals surface area contributed by atoms with Crippen LogP contribution in [0, 0.1) is 0 Å². The van der Waals surface area contributed by atoms with Crippen molar-refractivity contribution < 1.29 is 0 Å². The molecule has 0 radical (unpaired) electrons. The number of benzene rings is 4. The van der Waals surface area contributed by atoms with E-state index in [1.165, 1.54) is 11.1 Å². The van der Waals surface area contributed by atoms with Gasteiger partial charge >= 0.3 is 0 Å². The van der Waals surface area contributed by atoms with E-state index in [1.807, 2.05) is 30.3 Å². The van der Waals surface area contributed by atoms with Gasteiger partial charge in [-0.3, -0.25) is 0 Å². The van der Waals surface area contributed by atoms with Crippen LogP contribution in [-0.2, 0) is 5.41 Å². The second-order valence-electron chi connectivity index (χ2n) is 6.76. The molecule has 0 unspecified atom stereocenters. The molecule has 4 aromatic carbocycles. The quantitative estimate of drug-likeness (QED) is 0.316. The Bertz CT molecular complexity index is 1010. The SMILES string of the molecule is Clc1ccccc1C(C=Cc1ccccc1)(c1ccccc1)c1ccccc1. The summed E-state index contributed by atoms with van der Waals surface area (Å²) in [5, 5.41) is 0.757. The lowest BCUT2D eigenvalue weighted by Crippen LogP contribution is -2.27. The van der Waals surface area contributed by atoms with Crippen LogP contribution in [0.25, 0.3) is 6.08 Å². The summed E-state index contributed by atoms with van der Waals surface area (Å²) in [6, 6.07) is 39.6. The Morgan fingerprint density at radius 3 is 1.54 bits per heavy atom. The van der Waals surface area contributed by atoms with Crippen LogP contribution in [0.1, 0.15) is 22.3 Å². The molecule has 0 N–H and O–H groups in total. The van der Waals surface area contributed by atoms with E-state index in [1.54, 1.807) is 0 Å². The highest BCUT2D eigenvalue weighted by Crippen LogP contribution is 2.43. The molecule has 0 aliphatic carbocycles. The first-order valence-electron chi connectivity index (χ1n) is 9.41. The van der Waals surface area contributed by atoms with Crippen LogP contribution in [0.5, 0.6) is 0 Å². The molecule has 0 heterocycles. The third-order valence-electron chi connectivity index (χ3n) is 5.08. The maximum absolute atomic E-state index is 6.76. The van der Waals surface area contributed by atoms with E-state index in [2.05, 4.69) is 97.1 Å². The average molecular weight is 381 g/mol. The van der Waals surface area contributed by atoms with Crippen LogP contribution < -0.4 is 0 Å². The molecule has 0 nitrogen and oxygen atoms in total. The molecule has 0 saturated carbocycles. The number of rotatable bonds is 5. The summed E-state index contributed by atoms with van der Waals surface area (Å²) in [5.74, 6) is 0. The number of allylic oxidation sites excluding steroid dienone is 1. The lowest BCUT2D eigenvalue weighted by Gasteiger charge is -2.34. The first-order chi connectivity index (χ1) is 13.8. The zero-order valence-corrected chi connectivity index (χ0v) is 16.3. The highest BCUT2D eigenvalue weighted by Gasteiger charge is 2.35. The van der Waals surface area contributed by atoms with E-state index < -0.39 is 5.41 Å². The number of halogens is 1. The molecule has 1 heteroatoms. The molecular formula is C27H21Cl. The minimum absolute atomic E-state index is 0.489. The summed E-state index contributed by atoms with van der Waals surface area (Å²) >= 11 is 6.76. The summed E-state index contributed by atoms with van der Waals surface area (Å²) < 4.78 is 0. The van der Waals surface area contributed by atoms with Crippen LogP contribution in [-0.4, -0.2) is 0 Å². The maximum atomic E-state index is 6.76. The standard InChI is InChI=1S/C27H21Cl/c28-26-19-11-10-18-25(26)27(23-14-6-2-7-15-23,24-16-8-3-9-17-24)21-20-22-12-4-1-5-13-22/h1-21H. The molecule has 0 aliphatic heterocycles. The summed E-state index contributed by atoms with van der Waals surface area (Å²) in [7, 11) is 0. The van der Waals surface area contributed by atoms with Gasteiger partial charge in [-0.05, 0) is 28.3 Å². The molecular weight excluding hydrogens is 360 g/mol. The molecule has 0 spiro atoms. The Labute approximate surface area is 171 Å². The molecule has 0 atom stereocenters. The molecule has 0 fully saturated rings. The van der Waals surface area contributed by atoms with Gasteiger partial charge in [0, 0.05) is 5.02 Å². The summed E-state index contributed by atoms with van der Waals surface area (Å²) in [6.07, 6.45) is 4.46. The second-order valence-corrected chi connectivity index (χ2v) is 7.17. The zero-order chi connectivity index (χ0) is 19.2. The van der Waals surface area contributed by atoms with Crippen molar-refractivity contribution in [2.24, 2.45) is 0 Å². The van der Waals surface area contributed by atoms with Gasteiger partial charge in [0.05, 0.1) is 5.41 Å². The Morgan fingerprint density at radius 1 is 0.536 bits per heavy atom. The summed E-state index contributed by atoms with van der Waals surface area (Å²) in [6.45, 7) is 0. The molecule has 0 amide bonds. The third kappa shape index (κ3) is 3.52. The maximum Gasteiger partial charge on any atom is 0.0649 e. The van der Waals surface area contributed by atoms with Crippen molar-refractivity contribution in [3.05, 3.63) is 149 Å². The van der Waals surface area contributed by atoms with E-state index in [0.717, 1.165) is 16.1 Å². The Morgan fingerprint density at radius 2 is 1.00 bits per heavy atom. The summed E-state index contributed by atoms with van der Waals surface area (Å²) in [5.41, 5.74) is 4.10. The van der Waals surface area contributed by atoms with Gasteiger partial charge < -0.3 is 0 Å². The van der Waals surface area contributed by atoms with Gasteiger partial charge in [0.15, 0.2) is 0 Å². The van der Waals surface area contributed by atoms with Crippen molar-refractivity contribution in [1.29, 1.82) is 0 Å². The normalized spacial score (nSPS) is 11.6. The number of hydrogen-bond acceptors (Lipinski definition) is 0.